The Labute approximate surface area is 74.4 Å². The average molecular weight is 214 g/mol. The van der Waals surface area contributed by atoms with E-state index in [4.69, 9.17) is 20.8 Å². The second kappa shape index (κ2) is 4.65. The van der Waals surface area contributed by atoms with Gasteiger partial charge >= 0.3 is 0 Å². The number of aliphatic hydroxyl groups is 1. The van der Waals surface area contributed by atoms with Gasteiger partial charge in [0.25, 0.3) is 10.1 Å². The van der Waals surface area contributed by atoms with Gasteiger partial charge in [-0.2, -0.15) is 8.42 Å². The number of hydrogen-bond acceptors (Lipinski definition) is 5. The van der Waals surface area contributed by atoms with Crippen molar-refractivity contribution < 1.29 is 18.1 Å². The van der Waals surface area contributed by atoms with Crippen LogP contribution in [0.15, 0.2) is 0 Å². The zero-order valence-corrected chi connectivity index (χ0v) is 7.73. The Balaban J connectivity index is 3.75. The lowest BCUT2D eigenvalue weighted by Gasteiger charge is -2.06. The summed E-state index contributed by atoms with van der Waals surface area (Å²) >= 11 is 0.816. The third-order valence-corrected chi connectivity index (χ3v) is 2.50. The topological polar surface area (TPSA) is 124 Å². The molecule has 0 aromatic heterocycles. The number of nitrogens with two attached hydrogens (primary N) is 1. The summed E-state index contributed by atoms with van der Waals surface area (Å²) in [5.74, 6) is -0.748. The maximum absolute atomic E-state index is 10.2. The van der Waals surface area contributed by atoms with Gasteiger partial charge in [-0.05, 0) is 0 Å². The van der Waals surface area contributed by atoms with E-state index >= 15 is 0 Å². The molecule has 6 nitrogen and oxygen atoms in total. The van der Waals surface area contributed by atoms with Crippen molar-refractivity contribution in [1.29, 1.82) is 5.41 Å². The molecule has 0 rings (SSSR count). The molecule has 8 heteroatoms. The van der Waals surface area contributed by atoms with Crippen molar-refractivity contribution in [2.24, 2.45) is 5.73 Å². The molecule has 5 N–H and O–H groups in total. The molecule has 0 radical (unpaired) electrons. The molecule has 12 heavy (non-hydrogen) atoms. The van der Waals surface area contributed by atoms with E-state index in [9.17, 15) is 8.42 Å². The lowest BCUT2D eigenvalue weighted by molar-refractivity contribution is 0.220. The summed E-state index contributed by atoms with van der Waals surface area (Å²) in [4.78, 5) is 0. The molecule has 0 bridgehead atoms. The first-order valence-corrected chi connectivity index (χ1v) is 5.51. The van der Waals surface area contributed by atoms with Gasteiger partial charge in [0.2, 0.25) is 0 Å². The molecular weight excluding hydrogens is 204 g/mol. The first kappa shape index (κ1) is 11.7. The average Bonchev–Trinajstić information content (AvgIpc) is 1.79. The van der Waals surface area contributed by atoms with Crippen LogP contribution in [0.1, 0.15) is 0 Å². The van der Waals surface area contributed by atoms with Crippen LogP contribution in [0.2, 0.25) is 0 Å². The van der Waals surface area contributed by atoms with Gasteiger partial charge in [-0.1, -0.05) is 11.8 Å². The molecule has 0 spiro atoms. The van der Waals surface area contributed by atoms with E-state index in [-0.39, 0.29) is 10.9 Å². The molecule has 1 atom stereocenters. The van der Waals surface area contributed by atoms with E-state index in [0.29, 0.717) is 0 Å². The van der Waals surface area contributed by atoms with Gasteiger partial charge in [-0.15, -0.1) is 0 Å². The monoisotopic (exact) mass is 214 g/mol. The Kier molecular flexibility index (Phi) is 4.53. The summed E-state index contributed by atoms with van der Waals surface area (Å²) in [6, 6.07) is 0. The van der Waals surface area contributed by atoms with E-state index in [0.717, 1.165) is 11.8 Å². The molecule has 0 aliphatic heterocycles. The predicted molar refractivity (Wildman–Crippen MR) is 46.8 cm³/mol. The van der Waals surface area contributed by atoms with Crippen molar-refractivity contribution in [3.8, 4) is 0 Å². The van der Waals surface area contributed by atoms with Crippen molar-refractivity contribution in [2.75, 3.05) is 11.5 Å². The zero-order chi connectivity index (χ0) is 9.78. The minimum atomic E-state index is -4.15. The van der Waals surface area contributed by atoms with Gasteiger partial charge in [-0.25, -0.2) is 0 Å². The summed E-state index contributed by atoms with van der Waals surface area (Å²) in [5, 5.41) is 15.5. The SMILES string of the molecule is N=C(N)SC[C@@H](O)CS(=O)(=O)O. The number of hydrogen-bond donors (Lipinski definition) is 4. The van der Waals surface area contributed by atoms with Crippen LogP contribution in [-0.2, 0) is 10.1 Å². The van der Waals surface area contributed by atoms with Crippen LogP contribution in [0.25, 0.3) is 0 Å². The Morgan fingerprint density at radius 3 is 2.50 bits per heavy atom. The highest BCUT2D eigenvalue weighted by Gasteiger charge is 2.14. The van der Waals surface area contributed by atoms with Crippen LogP contribution in [0, 0.1) is 5.41 Å². The van der Waals surface area contributed by atoms with Gasteiger partial charge in [0.05, 0.1) is 6.10 Å². The number of nitrogens with one attached hydrogen (secondary N) is 1. The Hall–Kier alpha value is -0.310. The van der Waals surface area contributed by atoms with Crippen LogP contribution in [0.5, 0.6) is 0 Å². The highest BCUT2D eigenvalue weighted by Crippen LogP contribution is 2.02. The largest absolute Gasteiger partial charge is 0.391 e. The second-order valence-electron chi connectivity index (χ2n) is 2.08. The third kappa shape index (κ3) is 7.79. The smallest absolute Gasteiger partial charge is 0.267 e. The Morgan fingerprint density at radius 2 is 2.17 bits per heavy atom. The summed E-state index contributed by atoms with van der Waals surface area (Å²) in [6.07, 6.45) is -1.20. The van der Waals surface area contributed by atoms with E-state index in [1.165, 1.54) is 0 Å². The summed E-state index contributed by atoms with van der Waals surface area (Å²) in [6.45, 7) is 0. The van der Waals surface area contributed by atoms with Crippen LogP contribution in [0.3, 0.4) is 0 Å². The Morgan fingerprint density at radius 1 is 1.67 bits per heavy atom. The van der Waals surface area contributed by atoms with Crippen molar-refractivity contribution in [2.45, 2.75) is 6.10 Å². The van der Waals surface area contributed by atoms with Crippen LogP contribution < -0.4 is 5.73 Å². The summed E-state index contributed by atoms with van der Waals surface area (Å²) in [5.41, 5.74) is 4.93. The molecule has 0 unspecified atom stereocenters. The van der Waals surface area contributed by atoms with Crippen molar-refractivity contribution >= 4 is 27.0 Å². The lowest BCUT2D eigenvalue weighted by atomic mass is 10.5. The highest BCUT2D eigenvalue weighted by atomic mass is 32.2. The van der Waals surface area contributed by atoms with E-state index in [1.54, 1.807) is 0 Å². The quantitative estimate of drug-likeness (QED) is 0.266. The van der Waals surface area contributed by atoms with Crippen LogP contribution in [-0.4, -0.2) is 40.9 Å². The van der Waals surface area contributed by atoms with E-state index < -0.39 is 22.0 Å². The molecule has 0 aliphatic carbocycles. The van der Waals surface area contributed by atoms with Gasteiger partial charge in [0, 0.05) is 5.75 Å². The predicted octanol–water partition coefficient (Wildman–Crippen LogP) is -1.14. The molecule has 0 heterocycles. The minimum absolute atomic E-state index is 0.0187. The van der Waals surface area contributed by atoms with E-state index in [1.807, 2.05) is 0 Å². The fourth-order valence-corrected chi connectivity index (χ4v) is 1.72. The van der Waals surface area contributed by atoms with Crippen molar-refractivity contribution in [3.05, 3.63) is 0 Å². The number of aliphatic hydroxyl groups excluding tert-OH is 1. The van der Waals surface area contributed by atoms with Gasteiger partial charge in [-0.3, -0.25) is 9.96 Å². The number of amidine groups is 1. The molecule has 72 valence electrons. The fraction of sp³-hybridized carbons (Fsp3) is 0.750. The van der Waals surface area contributed by atoms with Gasteiger partial charge in [0.15, 0.2) is 5.17 Å². The fourth-order valence-electron chi connectivity index (χ4n) is 0.477. The van der Waals surface area contributed by atoms with Crippen molar-refractivity contribution in [3.63, 3.8) is 0 Å². The zero-order valence-electron chi connectivity index (χ0n) is 6.10. The maximum Gasteiger partial charge on any atom is 0.267 e. The molecule has 0 amide bonds. The van der Waals surface area contributed by atoms with Crippen LogP contribution >= 0.6 is 11.8 Å². The molecule has 0 aliphatic rings. The molecule has 0 aromatic rings. The number of thioether (sulfide) groups is 1. The lowest BCUT2D eigenvalue weighted by Crippen LogP contribution is -2.23. The molecule has 0 saturated carbocycles. The summed E-state index contributed by atoms with van der Waals surface area (Å²) < 4.78 is 28.6. The van der Waals surface area contributed by atoms with E-state index in [2.05, 4.69) is 0 Å². The first-order chi connectivity index (χ1) is 5.31. The Bertz CT molecular complexity index is 250. The van der Waals surface area contributed by atoms with Crippen LogP contribution in [0.4, 0.5) is 0 Å². The maximum atomic E-state index is 10.2. The normalized spacial score (nSPS) is 14.2. The number of rotatable bonds is 4. The molecule has 0 saturated heterocycles. The molecule has 0 fully saturated rings. The molecular formula is C4H10N2O4S2. The third-order valence-electron chi connectivity index (χ3n) is 0.834. The highest BCUT2D eigenvalue weighted by molar-refractivity contribution is 8.13. The van der Waals surface area contributed by atoms with Gasteiger partial charge < -0.3 is 10.8 Å². The van der Waals surface area contributed by atoms with Gasteiger partial charge in [0.1, 0.15) is 5.75 Å². The van der Waals surface area contributed by atoms with Crippen molar-refractivity contribution in [1.82, 2.24) is 0 Å². The second-order valence-corrected chi connectivity index (χ2v) is 4.64. The summed E-state index contributed by atoms with van der Waals surface area (Å²) in [7, 11) is -4.15. The minimum Gasteiger partial charge on any atom is -0.391 e. The first-order valence-electron chi connectivity index (χ1n) is 2.91. The standard InChI is InChI=1S/C4H10N2O4S2/c5-4(6)11-1-3(7)2-12(8,9)10/h3,7H,1-2H2,(H3,5,6)(H,8,9,10)/t3-/m1/s1. The molecule has 0 aromatic carbocycles.